The van der Waals surface area contributed by atoms with Crippen molar-refractivity contribution in [2.45, 2.75) is 38.1 Å². The van der Waals surface area contributed by atoms with E-state index in [1.165, 1.54) is 6.08 Å². The van der Waals surface area contributed by atoms with Gasteiger partial charge in [-0.2, -0.15) is 0 Å². The number of carbonyl (C=O) groups excluding carboxylic acids is 1. The fourth-order valence-electron chi connectivity index (χ4n) is 2.81. The van der Waals surface area contributed by atoms with E-state index in [1.54, 1.807) is 24.5 Å². The summed E-state index contributed by atoms with van der Waals surface area (Å²) < 4.78 is 0. The Labute approximate surface area is 124 Å². The molecule has 2 unspecified atom stereocenters. The van der Waals surface area contributed by atoms with Gasteiger partial charge in [-0.05, 0) is 36.5 Å². The van der Waals surface area contributed by atoms with Gasteiger partial charge in [0.15, 0.2) is 0 Å². The van der Waals surface area contributed by atoms with Crippen LogP contribution in [0.2, 0.25) is 0 Å². The highest BCUT2D eigenvalue weighted by molar-refractivity contribution is 5.96. The van der Waals surface area contributed by atoms with Gasteiger partial charge in [-0.15, -0.1) is 0 Å². The first-order valence-corrected chi connectivity index (χ1v) is 7.18. The van der Waals surface area contributed by atoms with E-state index in [-0.39, 0.29) is 11.8 Å². The number of carboxylic acid groups (broad SMARTS) is 1. The van der Waals surface area contributed by atoms with E-state index in [2.05, 4.69) is 10.3 Å². The van der Waals surface area contributed by atoms with Gasteiger partial charge in [-0.25, -0.2) is 4.79 Å². The molecule has 2 rings (SSSR count). The smallest absolute Gasteiger partial charge is 0.329 e. The number of pyridine rings is 1. The number of carbonyl (C=O) groups is 2. The van der Waals surface area contributed by atoms with Gasteiger partial charge >= 0.3 is 5.97 Å². The number of aromatic nitrogens is 1. The lowest BCUT2D eigenvalue weighted by molar-refractivity contribution is -0.151. The molecule has 0 radical (unpaired) electrons. The van der Waals surface area contributed by atoms with Crippen molar-refractivity contribution in [3.63, 3.8) is 0 Å². The molecule has 5 nitrogen and oxygen atoms in total. The third-order valence-electron chi connectivity index (χ3n) is 4.14. The largest absolute Gasteiger partial charge is 0.479 e. The molecule has 21 heavy (non-hydrogen) atoms. The Balaban J connectivity index is 2.09. The molecule has 0 bridgehead atoms. The van der Waals surface area contributed by atoms with Crippen molar-refractivity contribution in [2.75, 3.05) is 0 Å². The topological polar surface area (TPSA) is 79.3 Å². The minimum absolute atomic E-state index is 0.0699. The first-order valence-electron chi connectivity index (χ1n) is 7.18. The Kier molecular flexibility index (Phi) is 4.73. The van der Waals surface area contributed by atoms with Gasteiger partial charge in [0.25, 0.3) is 0 Å². The molecule has 0 aliphatic heterocycles. The molecule has 0 spiro atoms. The third-order valence-corrected chi connectivity index (χ3v) is 4.14. The van der Waals surface area contributed by atoms with Gasteiger partial charge in [0, 0.05) is 18.5 Å². The van der Waals surface area contributed by atoms with Crippen LogP contribution < -0.4 is 5.32 Å². The fourth-order valence-corrected chi connectivity index (χ4v) is 2.81. The van der Waals surface area contributed by atoms with Crippen LogP contribution in [-0.2, 0) is 9.59 Å². The van der Waals surface area contributed by atoms with Crippen molar-refractivity contribution in [1.82, 2.24) is 10.3 Å². The summed E-state index contributed by atoms with van der Waals surface area (Å²) in [6, 6.07) is 3.60. The number of carboxylic acids is 1. The number of nitrogens with one attached hydrogen (secondary N) is 1. The number of nitrogens with zero attached hydrogens (tertiary/aromatic N) is 1. The number of rotatable bonds is 4. The minimum atomic E-state index is -1.14. The molecule has 2 atom stereocenters. The SMILES string of the molecule is CC1CCCCC1(NC(=O)/C=C/c1cccnc1)C(=O)O. The van der Waals surface area contributed by atoms with Crippen molar-refractivity contribution >= 4 is 18.0 Å². The van der Waals surface area contributed by atoms with Crippen LogP contribution in [0.5, 0.6) is 0 Å². The molecule has 1 heterocycles. The Bertz CT molecular complexity index is 542. The van der Waals surface area contributed by atoms with E-state index in [4.69, 9.17) is 0 Å². The average molecular weight is 288 g/mol. The van der Waals surface area contributed by atoms with Gasteiger partial charge in [0.05, 0.1) is 0 Å². The summed E-state index contributed by atoms with van der Waals surface area (Å²) in [7, 11) is 0. The van der Waals surface area contributed by atoms with Crippen LogP contribution in [0, 0.1) is 5.92 Å². The predicted octanol–water partition coefficient (Wildman–Crippen LogP) is 2.24. The molecule has 1 aromatic heterocycles. The van der Waals surface area contributed by atoms with Gasteiger partial charge in [-0.3, -0.25) is 9.78 Å². The Morgan fingerprint density at radius 3 is 2.90 bits per heavy atom. The number of hydrogen-bond acceptors (Lipinski definition) is 3. The van der Waals surface area contributed by atoms with Gasteiger partial charge < -0.3 is 10.4 Å². The molecule has 1 amide bonds. The zero-order valence-corrected chi connectivity index (χ0v) is 12.1. The summed E-state index contributed by atoms with van der Waals surface area (Å²) in [6.45, 7) is 1.89. The van der Waals surface area contributed by atoms with E-state index in [9.17, 15) is 14.7 Å². The summed E-state index contributed by atoms with van der Waals surface area (Å²) in [5.74, 6) is -1.40. The van der Waals surface area contributed by atoms with Crippen LogP contribution in [0.4, 0.5) is 0 Å². The molecule has 0 saturated heterocycles. The molecule has 5 heteroatoms. The van der Waals surface area contributed by atoms with Crippen LogP contribution in [0.15, 0.2) is 30.6 Å². The lowest BCUT2D eigenvalue weighted by Crippen LogP contribution is -2.59. The van der Waals surface area contributed by atoms with Crippen LogP contribution in [-0.4, -0.2) is 27.5 Å². The first kappa shape index (κ1) is 15.2. The zero-order valence-electron chi connectivity index (χ0n) is 12.1. The van der Waals surface area contributed by atoms with Crippen LogP contribution in [0.25, 0.3) is 6.08 Å². The van der Waals surface area contributed by atoms with Crippen molar-refractivity contribution in [3.05, 3.63) is 36.2 Å². The lowest BCUT2D eigenvalue weighted by atomic mass is 9.73. The van der Waals surface area contributed by atoms with E-state index in [0.29, 0.717) is 6.42 Å². The first-order chi connectivity index (χ1) is 10.0. The van der Waals surface area contributed by atoms with Crippen LogP contribution >= 0.6 is 0 Å². The molecule has 1 aliphatic carbocycles. The van der Waals surface area contributed by atoms with Crippen molar-refractivity contribution < 1.29 is 14.7 Å². The molecular formula is C16H20N2O3. The highest BCUT2D eigenvalue weighted by Gasteiger charge is 2.45. The van der Waals surface area contributed by atoms with Gasteiger partial charge in [0.2, 0.25) is 5.91 Å². The van der Waals surface area contributed by atoms with E-state index in [0.717, 1.165) is 24.8 Å². The van der Waals surface area contributed by atoms with Crippen LogP contribution in [0.1, 0.15) is 38.2 Å². The molecule has 1 aliphatic rings. The minimum Gasteiger partial charge on any atom is -0.479 e. The van der Waals surface area contributed by atoms with Crippen LogP contribution in [0.3, 0.4) is 0 Å². The molecule has 2 N–H and O–H groups in total. The van der Waals surface area contributed by atoms with E-state index >= 15 is 0 Å². The number of hydrogen-bond donors (Lipinski definition) is 2. The quantitative estimate of drug-likeness (QED) is 0.833. The third kappa shape index (κ3) is 3.48. The van der Waals surface area contributed by atoms with Crippen molar-refractivity contribution in [2.24, 2.45) is 5.92 Å². The summed E-state index contributed by atoms with van der Waals surface area (Å²) >= 11 is 0. The second kappa shape index (κ2) is 6.52. The Hall–Kier alpha value is -2.17. The standard InChI is InChI=1S/C16H20N2O3/c1-12-5-2-3-9-16(12,15(20)21)18-14(19)8-7-13-6-4-10-17-11-13/h4,6-8,10-12H,2-3,5,9H2,1H3,(H,18,19)(H,20,21)/b8-7+. The Morgan fingerprint density at radius 2 is 2.29 bits per heavy atom. The number of aliphatic carboxylic acids is 1. The summed E-state index contributed by atoms with van der Waals surface area (Å²) in [5, 5.41) is 12.3. The zero-order chi connectivity index (χ0) is 15.3. The molecule has 112 valence electrons. The highest BCUT2D eigenvalue weighted by atomic mass is 16.4. The summed E-state index contributed by atoms with van der Waals surface area (Å²) in [6.07, 6.45) is 9.42. The highest BCUT2D eigenvalue weighted by Crippen LogP contribution is 2.33. The molecule has 1 aromatic rings. The molecule has 1 saturated carbocycles. The second-order valence-corrected chi connectivity index (χ2v) is 5.53. The van der Waals surface area contributed by atoms with Gasteiger partial charge in [0.1, 0.15) is 5.54 Å². The maximum absolute atomic E-state index is 12.1. The molecule has 1 fully saturated rings. The lowest BCUT2D eigenvalue weighted by Gasteiger charge is -2.39. The average Bonchev–Trinajstić information content (AvgIpc) is 2.48. The van der Waals surface area contributed by atoms with E-state index in [1.807, 2.05) is 13.0 Å². The van der Waals surface area contributed by atoms with E-state index < -0.39 is 11.5 Å². The monoisotopic (exact) mass is 288 g/mol. The predicted molar refractivity (Wildman–Crippen MR) is 79.4 cm³/mol. The molecule has 0 aromatic carbocycles. The van der Waals surface area contributed by atoms with Crippen molar-refractivity contribution in [3.8, 4) is 0 Å². The number of amides is 1. The molecular weight excluding hydrogens is 268 g/mol. The maximum Gasteiger partial charge on any atom is 0.329 e. The second-order valence-electron chi connectivity index (χ2n) is 5.53. The normalized spacial score (nSPS) is 25.7. The van der Waals surface area contributed by atoms with Gasteiger partial charge in [-0.1, -0.05) is 25.8 Å². The summed E-state index contributed by atoms with van der Waals surface area (Å²) in [4.78, 5) is 27.7. The summed E-state index contributed by atoms with van der Waals surface area (Å²) in [5.41, 5.74) is -0.344. The Morgan fingerprint density at radius 1 is 1.48 bits per heavy atom. The van der Waals surface area contributed by atoms with Crippen molar-refractivity contribution in [1.29, 1.82) is 0 Å². The fraction of sp³-hybridized carbons (Fsp3) is 0.438. The maximum atomic E-state index is 12.1.